The Balaban J connectivity index is 2.35. The second-order valence-corrected chi connectivity index (χ2v) is 5.43. The van der Waals surface area contributed by atoms with Gasteiger partial charge in [-0.05, 0) is 24.7 Å². The molecular formula is C13H24N2O4. The molecule has 0 aromatic carbocycles. The van der Waals surface area contributed by atoms with E-state index in [1.54, 1.807) is 0 Å². The highest BCUT2D eigenvalue weighted by atomic mass is 16.5. The van der Waals surface area contributed by atoms with E-state index in [9.17, 15) is 9.59 Å². The van der Waals surface area contributed by atoms with Crippen molar-refractivity contribution in [2.24, 2.45) is 5.41 Å². The molecule has 1 aliphatic rings. The van der Waals surface area contributed by atoms with E-state index >= 15 is 0 Å². The van der Waals surface area contributed by atoms with E-state index in [1.165, 1.54) is 0 Å². The van der Waals surface area contributed by atoms with Crippen LogP contribution in [0.1, 0.15) is 39.5 Å². The summed E-state index contributed by atoms with van der Waals surface area (Å²) in [6.45, 7) is 5.97. The lowest BCUT2D eigenvalue weighted by atomic mass is 9.82. The first-order chi connectivity index (χ1) is 8.97. The Kier molecular flexibility index (Phi) is 6.08. The second-order valence-electron chi connectivity index (χ2n) is 5.43. The van der Waals surface area contributed by atoms with Gasteiger partial charge in [-0.2, -0.15) is 0 Å². The largest absolute Gasteiger partial charge is 0.480 e. The van der Waals surface area contributed by atoms with Gasteiger partial charge in [-0.15, -0.1) is 0 Å². The van der Waals surface area contributed by atoms with E-state index in [2.05, 4.69) is 17.6 Å². The molecule has 0 saturated carbocycles. The summed E-state index contributed by atoms with van der Waals surface area (Å²) >= 11 is 0. The molecular weight excluding hydrogens is 248 g/mol. The Hall–Kier alpha value is -1.30. The number of amides is 2. The van der Waals surface area contributed by atoms with Crippen LogP contribution in [0.4, 0.5) is 4.79 Å². The summed E-state index contributed by atoms with van der Waals surface area (Å²) in [6.07, 6.45) is 2.97. The summed E-state index contributed by atoms with van der Waals surface area (Å²) in [5.41, 5.74) is 0.0407. The Morgan fingerprint density at radius 1 is 1.37 bits per heavy atom. The van der Waals surface area contributed by atoms with Crippen LogP contribution in [0.5, 0.6) is 0 Å². The molecule has 3 N–H and O–H groups in total. The number of hydrogen-bond donors (Lipinski definition) is 3. The van der Waals surface area contributed by atoms with Crippen molar-refractivity contribution in [2.75, 3.05) is 19.8 Å². The summed E-state index contributed by atoms with van der Waals surface area (Å²) in [5.74, 6) is -0.991. The third kappa shape index (κ3) is 5.46. The quantitative estimate of drug-likeness (QED) is 0.681. The number of carbonyl (C=O) groups excluding carboxylic acids is 1. The third-order valence-corrected chi connectivity index (χ3v) is 3.56. The molecule has 110 valence electrons. The molecule has 1 aliphatic heterocycles. The molecule has 1 rings (SSSR count). The maximum Gasteiger partial charge on any atom is 0.326 e. The van der Waals surface area contributed by atoms with Crippen LogP contribution < -0.4 is 10.6 Å². The lowest BCUT2D eigenvalue weighted by molar-refractivity contribution is -0.139. The highest BCUT2D eigenvalue weighted by Crippen LogP contribution is 2.28. The average Bonchev–Trinajstić information content (AvgIpc) is 2.37. The van der Waals surface area contributed by atoms with Gasteiger partial charge < -0.3 is 20.5 Å². The molecule has 1 saturated heterocycles. The molecule has 0 aromatic rings. The van der Waals surface area contributed by atoms with Gasteiger partial charge in [0.25, 0.3) is 0 Å². The fourth-order valence-corrected chi connectivity index (χ4v) is 2.09. The van der Waals surface area contributed by atoms with Gasteiger partial charge in [0.15, 0.2) is 0 Å². The van der Waals surface area contributed by atoms with Crippen molar-refractivity contribution >= 4 is 12.0 Å². The van der Waals surface area contributed by atoms with Gasteiger partial charge in [0.2, 0.25) is 0 Å². The number of ether oxygens (including phenoxy) is 1. The van der Waals surface area contributed by atoms with Crippen LogP contribution in [0.3, 0.4) is 0 Å². The smallest absolute Gasteiger partial charge is 0.326 e. The zero-order valence-electron chi connectivity index (χ0n) is 11.7. The number of carboxylic acids is 1. The zero-order chi connectivity index (χ0) is 14.3. The van der Waals surface area contributed by atoms with Gasteiger partial charge in [0.05, 0.1) is 0 Å². The van der Waals surface area contributed by atoms with Gasteiger partial charge in [-0.25, -0.2) is 9.59 Å². The van der Waals surface area contributed by atoms with Gasteiger partial charge in [-0.3, -0.25) is 0 Å². The number of hydrogen-bond acceptors (Lipinski definition) is 3. The predicted octanol–water partition coefficient (Wildman–Crippen LogP) is 1.36. The van der Waals surface area contributed by atoms with Crippen molar-refractivity contribution in [3.63, 3.8) is 0 Å². The van der Waals surface area contributed by atoms with Gasteiger partial charge in [0, 0.05) is 19.8 Å². The van der Waals surface area contributed by atoms with E-state index in [-0.39, 0.29) is 5.41 Å². The molecule has 0 radical (unpaired) electrons. The molecule has 2 amide bonds. The molecule has 0 spiro atoms. The lowest BCUT2D eigenvalue weighted by Gasteiger charge is -2.33. The minimum absolute atomic E-state index is 0.0407. The van der Waals surface area contributed by atoms with Gasteiger partial charge in [0.1, 0.15) is 6.04 Å². The van der Waals surface area contributed by atoms with Crippen LogP contribution in [0.15, 0.2) is 0 Å². The average molecular weight is 272 g/mol. The molecule has 0 aliphatic carbocycles. The predicted molar refractivity (Wildman–Crippen MR) is 71.0 cm³/mol. The van der Waals surface area contributed by atoms with E-state index in [0.29, 0.717) is 32.6 Å². The van der Waals surface area contributed by atoms with E-state index in [0.717, 1.165) is 12.8 Å². The molecule has 0 bridgehead atoms. The summed E-state index contributed by atoms with van der Waals surface area (Å²) in [6, 6.07) is -1.22. The molecule has 0 unspecified atom stereocenters. The molecule has 1 fully saturated rings. The van der Waals surface area contributed by atoms with E-state index in [1.807, 2.05) is 6.92 Å². The number of aliphatic carboxylic acids is 1. The maximum absolute atomic E-state index is 11.7. The molecule has 6 nitrogen and oxygen atoms in total. The highest BCUT2D eigenvalue weighted by Gasteiger charge is 2.28. The van der Waals surface area contributed by atoms with Crippen LogP contribution in [0.25, 0.3) is 0 Å². The first-order valence-corrected chi connectivity index (χ1v) is 6.82. The fraction of sp³-hybridized carbons (Fsp3) is 0.846. The Labute approximate surface area is 113 Å². The molecule has 0 aromatic heterocycles. The SMILES string of the molecule is CCC[C@H](NC(=O)NCC1(C)CCOCC1)C(=O)O. The van der Waals surface area contributed by atoms with Gasteiger partial charge in [-0.1, -0.05) is 20.3 Å². The number of rotatable bonds is 6. The number of carbonyl (C=O) groups is 2. The summed E-state index contributed by atoms with van der Waals surface area (Å²) < 4.78 is 5.29. The summed E-state index contributed by atoms with van der Waals surface area (Å²) in [4.78, 5) is 22.6. The first kappa shape index (κ1) is 15.8. The molecule has 1 atom stereocenters. The second kappa shape index (κ2) is 7.33. The Morgan fingerprint density at radius 2 is 2.00 bits per heavy atom. The van der Waals surface area contributed by atoms with Crippen LogP contribution in [-0.4, -0.2) is 42.9 Å². The third-order valence-electron chi connectivity index (χ3n) is 3.56. The van der Waals surface area contributed by atoms with Crippen molar-refractivity contribution in [3.05, 3.63) is 0 Å². The number of nitrogens with one attached hydrogen (secondary N) is 2. The fourth-order valence-electron chi connectivity index (χ4n) is 2.09. The highest BCUT2D eigenvalue weighted by molar-refractivity contribution is 5.82. The zero-order valence-corrected chi connectivity index (χ0v) is 11.7. The van der Waals surface area contributed by atoms with E-state index in [4.69, 9.17) is 9.84 Å². The Morgan fingerprint density at radius 3 is 2.53 bits per heavy atom. The minimum atomic E-state index is -0.991. The number of carboxylic acid groups (broad SMARTS) is 1. The first-order valence-electron chi connectivity index (χ1n) is 6.82. The maximum atomic E-state index is 11.7. The summed E-state index contributed by atoms with van der Waals surface area (Å²) in [7, 11) is 0. The monoisotopic (exact) mass is 272 g/mol. The van der Waals surface area contributed by atoms with Crippen LogP contribution in [0.2, 0.25) is 0 Å². The van der Waals surface area contributed by atoms with Crippen molar-refractivity contribution in [1.29, 1.82) is 0 Å². The molecule has 19 heavy (non-hydrogen) atoms. The van der Waals surface area contributed by atoms with Crippen molar-refractivity contribution in [1.82, 2.24) is 10.6 Å². The van der Waals surface area contributed by atoms with Crippen molar-refractivity contribution in [3.8, 4) is 0 Å². The molecule has 6 heteroatoms. The van der Waals surface area contributed by atoms with Crippen molar-refractivity contribution < 1.29 is 19.4 Å². The normalized spacial score (nSPS) is 19.5. The Bertz CT molecular complexity index is 314. The lowest BCUT2D eigenvalue weighted by Crippen LogP contribution is -2.49. The summed E-state index contributed by atoms with van der Waals surface area (Å²) in [5, 5.41) is 14.2. The molecule has 1 heterocycles. The van der Waals surface area contributed by atoms with Crippen LogP contribution in [0, 0.1) is 5.41 Å². The number of urea groups is 1. The van der Waals surface area contributed by atoms with Crippen LogP contribution >= 0.6 is 0 Å². The standard InChI is InChI=1S/C13H24N2O4/c1-3-4-10(11(16)17)15-12(18)14-9-13(2)5-7-19-8-6-13/h10H,3-9H2,1-2H3,(H,16,17)(H2,14,15,18)/t10-/m0/s1. The van der Waals surface area contributed by atoms with E-state index < -0.39 is 18.0 Å². The van der Waals surface area contributed by atoms with Crippen LogP contribution in [-0.2, 0) is 9.53 Å². The topological polar surface area (TPSA) is 87.7 Å². The van der Waals surface area contributed by atoms with Gasteiger partial charge >= 0.3 is 12.0 Å². The minimum Gasteiger partial charge on any atom is -0.480 e. The van der Waals surface area contributed by atoms with Crippen molar-refractivity contribution in [2.45, 2.75) is 45.6 Å².